The molecule has 0 bridgehead atoms. The number of aliphatic hydroxyl groups excluding tert-OH is 2. The smallest absolute Gasteiger partial charge is 0.231 e. The number of hydrogen-bond acceptors (Lipinski definition) is 5. The summed E-state index contributed by atoms with van der Waals surface area (Å²) >= 11 is 0. The molecule has 3 N–H and O–H groups in total. The van der Waals surface area contributed by atoms with Crippen LogP contribution in [-0.4, -0.2) is 42.8 Å². The average molecular weight is 267 g/mol. The Balaban J connectivity index is 1.98. The molecular formula is C14H21NO4. The zero-order valence-electron chi connectivity index (χ0n) is 11.3. The van der Waals surface area contributed by atoms with Gasteiger partial charge in [-0.25, -0.2) is 0 Å². The number of hydrogen-bond donors (Lipinski definition) is 3. The minimum atomic E-state index is -0.715. The Bertz CT molecular complexity index is 433. The van der Waals surface area contributed by atoms with Gasteiger partial charge in [0.25, 0.3) is 0 Å². The Hall–Kier alpha value is -1.30. The van der Waals surface area contributed by atoms with Crippen molar-refractivity contribution in [3.8, 4) is 11.5 Å². The predicted octanol–water partition coefficient (Wildman–Crippen LogP) is 0.636. The fourth-order valence-electron chi connectivity index (χ4n) is 2.04. The first-order valence-corrected chi connectivity index (χ1v) is 6.43. The van der Waals surface area contributed by atoms with Gasteiger partial charge in [-0.1, -0.05) is 19.9 Å². The third-order valence-corrected chi connectivity index (χ3v) is 3.31. The lowest BCUT2D eigenvalue weighted by atomic mass is 9.84. The van der Waals surface area contributed by atoms with E-state index in [-0.39, 0.29) is 18.8 Å². The van der Waals surface area contributed by atoms with Gasteiger partial charge in [0.15, 0.2) is 11.5 Å². The number of nitrogens with one attached hydrogen (secondary N) is 1. The molecule has 1 unspecified atom stereocenters. The molecule has 1 aliphatic heterocycles. The van der Waals surface area contributed by atoms with Gasteiger partial charge < -0.3 is 25.0 Å². The van der Waals surface area contributed by atoms with Crippen LogP contribution in [0.3, 0.4) is 0 Å². The highest BCUT2D eigenvalue weighted by molar-refractivity contribution is 5.46. The van der Waals surface area contributed by atoms with Crippen molar-refractivity contribution in [2.45, 2.75) is 25.4 Å². The number of aliphatic hydroxyl groups is 2. The molecule has 19 heavy (non-hydrogen) atoms. The van der Waals surface area contributed by atoms with Crippen molar-refractivity contribution in [1.82, 2.24) is 5.32 Å². The predicted molar refractivity (Wildman–Crippen MR) is 71.6 cm³/mol. The lowest BCUT2D eigenvalue weighted by Gasteiger charge is -2.26. The van der Waals surface area contributed by atoms with E-state index in [1.807, 2.05) is 18.2 Å². The molecule has 0 saturated carbocycles. The van der Waals surface area contributed by atoms with Gasteiger partial charge in [-0.2, -0.15) is 0 Å². The minimum Gasteiger partial charge on any atom is -0.454 e. The van der Waals surface area contributed by atoms with Crippen LogP contribution in [0, 0.1) is 0 Å². The molecule has 1 aliphatic rings. The van der Waals surface area contributed by atoms with Gasteiger partial charge in [-0.05, 0) is 17.7 Å². The standard InChI is InChI=1S/C14H21NO4/c1-14(2,8-15-6-11(17)7-16)10-3-4-12-13(5-10)19-9-18-12/h3-5,11,15-17H,6-9H2,1-2H3. The second kappa shape index (κ2) is 5.77. The molecule has 0 amide bonds. The molecule has 0 aromatic heterocycles. The average Bonchev–Trinajstić information content (AvgIpc) is 2.85. The molecule has 1 heterocycles. The van der Waals surface area contributed by atoms with Crippen LogP contribution in [0.15, 0.2) is 18.2 Å². The lowest BCUT2D eigenvalue weighted by Crippen LogP contribution is -2.38. The van der Waals surface area contributed by atoms with Crippen molar-refractivity contribution >= 4 is 0 Å². The highest BCUT2D eigenvalue weighted by Gasteiger charge is 2.23. The van der Waals surface area contributed by atoms with Gasteiger partial charge in [-0.15, -0.1) is 0 Å². The highest BCUT2D eigenvalue weighted by atomic mass is 16.7. The van der Waals surface area contributed by atoms with E-state index in [0.29, 0.717) is 13.1 Å². The van der Waals surface area contributed by atoms with E-state index < -0.39 is 6.10 Å². The van der Waals surface area contributed by atoms with E-state index in [9.17, 15) is 5.11 Å². The van der Waals surface area contributed by atoms with Crippen LogP contribution in [0.5, 0.6) is 11.5 Å². The van der Waals surface area contributed by atoms with Crippen LogP contribution in [0.2, 0.25) is 0 Å². The van der Waals surface area contributed by atoms with Crippen LogP contribution in [0.25, 0.3) is 0 Å². The van der Waals surface area contributed by atoms with Gasteiger partial charge in [0.2, 0.25) is 6.79 Å². The van der Waals surface area contributed by atoms with Gasteiger partial charge in [0.05, 0.1) is 12.7 Å². The van der Waals surface area contributed by atoms with E-state index in [2.05, 4.69) is 19.2 Å². The highest BCUT2D eigenvalue weighted by Crippen LogP contribution is 2.36. The summed E-state index contributed by atoms with van der Waals surface area (Å²) in [6.45, 7) is 5.36. The maximum atomic E-state index is 9.30. The fourth-order valence-corrected chi connectivity index (χ4v) is 2.04. The quantitative estimate of drug-likeness (QED) is 0.705. The van der Waals surface area contributed by atoms with Crippen molar-refractivity contribution in [2.24, 2.45) is 0 Å². The van der Waals surface area contributed by atoms with Gasteiger partial charge in [0.1, 0.15) is 0 Å². The molecule has 5 heteroatoms. The maximum absolute atomic E-state index is 9.30. The molecule has 0 fully saturated rings. The van der Waals surface area contributed by atoms with E-state index in [1.165, 1.54) is 0 Å². The first-order chi connectivity index (χ1) is 9.03. The van der Waals surface area contributed by atoms with Crippen LogP contribution in [0.4, 0.5) is 0 Å². The molecule has 106 valence electrons. The molecule has 0 spiro atoms. The zero-order chi connectivity index (χ0) is 13.9. The van der Waals surface area contributed by atoms with E-state index >= 15 is 0 Å². The summed E-state index contributed by atoms with van der Waals surface area (Å²) in [5.41, 5.74) is 1.04. The molecule has 0 saturated heterocycles. The number of rotatable bonds is 6. The second-order valence-corrected chi connectivity index (χ2v) is 5.42. The summed E-state index contributed by atoms with van der Waals surface area (Å²) in [6.07, 6.45) is -0.715. The Morgan fingerprint density at radius 2 is 2.05 bits per heavy atom. The fraction of sp³-hybridized carbons (Fsp3) is 0.571. The zero-order valence-corrected chi connectivity index (χ0v) is 11.3. The summed E-state index contributed by atoms with van der Waals surface area (Å²) in [5.74, 6) is 1.56. The molecule has 0 aliphatic carbocycles. The van der Waals surface area contributed by atoms with Crippen molar-refractivity contribution < 1.29 is 19.7 Å². The van der Waals surface area contributed by atoms with Crippen molar-refractivity contribution in [3.05, 3.63) is 23.8 Å². The minimum absolute atomic E-state index is 0.101. The van der Waals surface area contributed by atoms with E-state index in [4.69, 9.17) is 14.6 Å². The number of benzene rings is 1. The number of fused-ring (bicyclic) bond motifs is 1. The normalized spacial score (nSPS) is 15.6. The Kier molecular flexibility index (Phi) is 4.29. The summed E-state index contributed by atoms with van der Waals surface area (Å²) in [4.78, 5) is 0. The summed E-state index contributed by atoms with van der Waals surface area (Å²) in [7, 11) is 0. The monoisotopic (exact) mass is 267 g/mol. The molecule has 1 atom stereocenters. The first kappa shape index (κ1) is 14.1. The van der Waals surface area contributed by atoms with Crippen molar-refractivity contribution in [3.63, 3.8) is 0 Å². The Morgan fingerprint density at radius 1 is 1.32 bits per heavy atom. The van der Waals surface area contributed by atoms with Crippen LogP contribution >= 0.6 is 0 Å². The Morgan fingerprint density at radius 3 is 2.79 bits per heavy atom. The summed E-state index contributed by atoms with van der Waals surface area (Å²) in [6, 6.07) is 5.94. The third kappa shape index (κ3) is 3.37. The molecule has 5 nitrogen and oxygen atoms in total. The van der Waals surface area contributed by atoms with Crippen molar-refractivity contribution in [1.29, 1.82) is 0 Å². The number of ether oxygens (including phenoxy) is 2. The SMILES string of the molecule is CC(C)(CNCC(O)CO)c1ccc2c(c1)OCO2. The van der Waals surface area contributed by atoms with Crippen LogP contribution < -0.4 is 14.8 Å². The lowest BCUT2D eigenvalue weighted by molar-refractivity contribution is 0.0934. The third-order valence-electron chi connectivity index (χ3n) is 3.31. The molecule has 1 aromatic carbocycles. The molecular weight excluding hydrogens is 246 g/mol. The molecule has 2 rings (SSSR count). The van der Waals surface area contributed by atoms with Gasteiger partial charge in [0, 0.05) is 18.5 Å². The topological polar surface area (TPSA) is 71.0 Å². The van der Waals surface area contributed by atoms with Crippen LogP contribution in [-0.2, 0) is 5.41 Å². The van der Waals surface area contributed by atoms with Crippen LogP contribution in [0.1, 0.15) is 19.4 Å². The van der Waals surface area contributed by atoms with Crippen molar-refractivity contribution in [2.75, 3.05) is 26.5 Å². The summed E-state index contributed by atoms with van der Waals surface area (Å²) < 4.78 is 10.7. The first-order valence-electron chi connectivity index (χ1n) is 6.43. The van der Waals surface area contributed by atoms with Gasteiger partial charge in [-0.3, -0.25) is 0 Å². The molecule has 0 radical (unpaired) electrons. The summed E-state index contributed by atoms with van der Waals surface area (Å²) in [5, 5.41) is 21.2. The molecule has 1 aromatic rings. The van der Waals surface area contributed by atoms with Gasteiger partial charge >= 0.3 is 0 Å². The van der Waals surface area contributed by atoms with E-state index in [1.54, 1.807) is 0 Å². The van der Waals surface area contributed by atoms with E-state index in [0.717, 1.165) is 17.1 Å². The Labute approximate surface area is 113 Å². The maximum Gasteiger partial charge on any atom is 0.231 e. The largest absolute Gasteiger partial charge is 0.454 e. The second-order valence-electron chi connectivity index (χ2n) is 5.42.